The van der Waals surface area contributed by atoms with Crippen LogP contribution in [0.4, 0.5) is 0 Å². The van der Waals surface area contributed by atoms with Crippen LogP contribution in [-0.4, -0.2) is 0 Å². The average Bonchev–Trinajstić information content (AvgIpc) is 2.38. The fourth-order valence-corrected chi connectivity index (χ4v) is 2.28. The Bertz CT molecular complexity index is 558. The molecule has 0 saturated heterocycles. The zero-order valence-corrected chi connectivity index (χ0v) is 12.5. The first-order valence-corrected chi connectivity index (χ1v) is 6.96. The summed E-state index contributed by atoms with van der Waals surface area (Å²) >= 11 is 5.87. The van der Waals surface area contributed by atoms with Gasteiger partial charge in [0, 0.05) is 18.1 Å². The lowest BCUT2D eigenvalue weighted by Crippen LogP contribution is -2.13. The molecule has 0 aliphatic rings. The molecule has 2 heteroatoms. The molecule has 2 aromatic rings. The van der Waals surface area contributed by atoms with Crippen molar-refractivity contribution >= 4 is 11.6 Å². The molecule has 0 bridgehead atoms. The maximum Gasteiger partial charge on any atom is 0.0406 e. The van der Waals surface area contributed by atoms with Crippen molar-refractivity contribution in [1.29, 1.82) is 0 Å². The number of benzene rings is 2. The Morgan fingerprint density at radius 2 is 1.47 bits per heavy atom. The second-order valence-corrected chi connectivity index (χ2v) is 5.53. The van der Waals surface area contributed by atoms with E-state index < -0.39 is 0 Å². The molecule has 0 unspecified atom stereocenters. The molecule has 0 aromatic heterocycles. The van der Waals surface area contributed by atoms with Gasteiger partial charge in [-0.05, 0) is 60.7 Å². The van der Waals surface area contributed by atoms with Gasteiger partial charge in [-0.25, -0.2) is 0 Å². The summed E-state index contributed by atoms with van der Waals surface area (Å²) in [5.41, 5.74) is 6.70. The van der Waals surface area contributed by atoms with Crippen LogP contribution in [0.3, 0.4) is 0 Å². The van der Waals surface area contributed by atoms with Crippen LogP contribution in [-0.2, 0) is 13.1 Å². The van der Waals surface area contributed by atoms with Gasteiger partial charge in [0.15, 0.2) is 0 Å². The van der Waals surface area contributed by atoms with E-state index in [-0.39, 0.29) is 0 Å². The van der Waals surface area contributed by atoms with Crippen molar-refractivity contribution < 1.29 is 0 Å². The van der Waals surface area contributed by atoms with Gasteiger partial charge in [-0.2, -0.15) is 0 Å². The molecule has 0 aliphatic carbocycles. The van der Waals surface area contributed by atoms with Crippen LogP contribution in [0.1, 0.15) is 27.8 Å². The standard InChI is InChI=1S/C17H20ClN/c1-12-8-14(3)16(9-13(12)2)11-19-10-15-4-6-17(18)7-5-15/h4-9,19H,10-11H2,1-3H3. The zero-order chi connectivity index (χ0) is 13.8. The van der Waals surface area contributed by atoms with Gasteiger partial charge in [-0.1, -0.05) is 35.9 Å². The Morgan fingerprint density at radius 3 is 2.16 bits per heavy atom. The molecule has 0 atom stereocenters. The zero-order valence-electron chi connectivity index (χ0n) is 11.8. The van der Waals surface area contributed by atoms with E-state index in [1.807, 2.05) is 12.1 Å². The topological polar surface area (TPSA) is 12.0 Å². The van der Waals surface area contributed by atoms with Crippen LogP contribution in [0.25, 0.3) is 0 Å². The van der Waals surface area contributed by atoms with E-state index in [9.17, 15) is 0 Å². The molecular formula is C17H20ClN. The van der Waals surface area contributed by atoms with Crippen LogP contribution in [0.5, 0.6) is 0 Å². The molecule has 2 aromatic carbocycles. The van der Waals surface area contributed by atoms with Crippen molar-refractivity contribution in [2.75, 3.05) is 0 Å². The maximum atomic E-state index is 5.87. The Balaban J connectivity index is 1.96. The lowest BCUT2D eigenvalue weighted by Gasteiger charge is -2.11. The highest BCUT2D eigenvalue weighted by Gasteiger charge is 2.01. The van der Waals surface area contributed by atoms with Crippen LogP contribution in [0, 0.1) is 20.8 Å². The number of aryl methyl sites for hydroxylation is 3. The van der Waals surface area contributed by atoms with E-state index in [4.69, 9.17) is 11.6 Å². The van der Waals surface area contributed by atoms with Gasteiger partial charge >= 0.3 is 0 Å². The number of hydrogen-bond donors (Lipinski definition) is 1. The number of nitrogens with one attached hydrogen (secondary N) is 1. The van der Waals surface area contributed by atoms with Gasteiger partial charge < -0.3 is 5.32 Å². The summed E-state index contributed by atoms with van der Waals surface area (Å²) in [5.74, 6) is 0. The van der Waals surface area contributed by atoms with E-state index in [1.54, 1.807) is 0 Å². The molecule has 100 valence electrons. The minimum Gasteiger partial charge on any atom is -0.309 e. The minimum atomic E-state index is 0.786. The number of hydrogen-bond acceptors (Lipinski definition) is 1. The summed E-state index contributed by atoms with van der Waals surface area (Å²) in [5, 5.41) is 4.27. The SMILES string of the molecule is Cc1cc(C)c(CNCc2ccc(Cl)cc2)cc1C. The van der Waals surface area contributed by atoms with Crippen molar-refractivity contribution in [1.82, 2.24) is 5.32 Å². The predicted molar refractivity (Wildman–Crippen MR) is 82.6 cm³/mol. The molecule has 2 rings (SSSR count). The van der Waals surface area contributed by atoms with Gasteiger partial charge in [0.25, 0.3) is 0 Å². The van der Waals surface area contributed by atoms with Gasteiger partial charge in [0.05, 0.1) is 0 Å². The molecular weight excluding hydrogens is 254 g/mol. The average molecular weight is 274 g/mol. The van der Waals surface area contributed by atoms with Crippen LogP contribution in [0.15, 0.2) is 36.4 Å². The monoisotopic (exact) mass is 273 g/mol. The summed E-state index contributed by atoms with van der Waals surface area (Å²) in [6.07, 6.45) is 0. The van der Waals surface area contributed by atoms with Crippen LogP contribution >= 0.6 is 11.6 Å². The van der Waals surface area contributed by atoms with Crippen LogP contribution < -0.4 is 5.32 Å². The normalized spacial score (nSPS) is 10.7. The van der Waals surface area contributed by atoms with Gasteiger partial charge in [-0.3, -0.25) is 0 Å². The van der Waals surface area contributed by atoms with Crippen molar-refractivity contribution in [3.63, 3.8) is 0 Å². The smallest absolute Gasteiger partial charge is 0.0406 e. The third kappa shape index (κ3) is 3.82. The lowest BCUT2D eigenvalue weighted by atomic mass is 10.0. The number of halogens is 1. The summed E-state index contributed by atoms with van der Waals surface area (Å²) < 4.78 is 0. The summed E-state index contributed by atoms with van der Waals surface area (Å²) in [6.45, 7) is 8.26. The fourth-order valence-electron chi connectivity index (χ4n) is 2.15. The molecule has 1 nitrogen and oxygen atoms in total. The lowest BCUT2D eigenvalue weighted by molar-refractivity contribution is 0.690. The molecule has 0 saturated carbocycles. The second kappa shape index (κ2) is 6.23. The fraction of sp³-hybridized carbons (Fsp3) is 0.294. The summed E-state index contributed by atoms with van der Waals surface area (Å²) in [7, 11) is 0. The van der Waals surface area contributed by atoms with E-state index in [0.29, 0.717) is 0 Å². The molecule has 0 fully saturated rings. The van der Waals surface area contributed by atoms with E-state index in [2.05, 4.69) is 50.4 Å². The minimum absolute atomic E-state index is 0.786. The molecule has 0 spiro atoms. The quantitative estimate of drug-likeness (QED) is 0.861. The first-order chi connectivity index (χ1) is 9.06. The maximum absolute atomic E-state index is 5.87. The van der Waals surface area contributed by atoms with Crippen molar-refractivity contribution in [2.24, 2.45) is 0 Å². The van der Waals surface area contributed by atoms with E-state index in [0.717, 1.165) is 18.1 Å². The predicted octanol–water partition coefficient (Wildman–Crippen LogP) is 4.56. The Hall–Kier alpha value is -1.31. The van der Waals surface area contributed by atoms with Crippen molar-refractivity contribution in [2.45, 2.75) is 33.9 Å². The largest absolute Gasteiger partial charge is 0.309 e. The highest BCUT2D eigenvalue weighted by molar-refractivity contribution is 6.30. The molecule has 0 amide bonds. The van der Waals surface area contributed by atoms with Crippen molar-refractivity contribution in [3.8, 4) is 0 Å². The van der Waals surface area contributed by atoms with Crippen LogP contribution in [0.2, 0.25) is 5.02 Å². The van der Waals surface area contributed by atoms with Gasteiger partial charge in [0.1, 0.15) is 0 Å². The second-order valence-electron chi connectivity index (χ2n) is 5.09. The molecule has 0 heterocycles. The Kier molecular flexibility index (Phi) is 4.62. The molecule has 0 radical (unpaired) electrons. The summed E-state index contributed by atoms with van der Waals surface area (Å²) in [6, 6.07) is 12.5. The highest BCUT2D eigenvalue weighted by Crippen LogP contribution is 2.15. The Morgan fingerprint density at radius 1 is 0.842 bits per heavy atom. The third-order valence-corrected chi connectivity index (χ3v) is 3.76. The molecule has 0 aliphatic heterocycles. The van der Waals surface area contributed by atoms with Crippen molar-refractivity contribution in [3.05, 3.63) is 69.2 Å². The van der Waals surface area contributed by atoms with Gasteiger partial charge in [-0.15, -0.1) is 0 Å². The molecule has 19 heavy (non-hydrogen) atoms. The van der Waals surface area contributed by atoms with Gasteiger partial charge in [0.2, 0.25) is 0 Å². The third-order valence-electron chi connectivity index (χ3n) is 3.51. The van der Waals surface area contributed by atoms with E-state index >= 15 is 0 Å². The van der Waals surface area contributed by atoms with E-state index in [1.165, 1.54) is 27.8 Å². The highest BCUT2D eigenvalue weighted by atomic mass is 35.5. The first kappa shape index (κ1) is 14.1. The molecule has 1 N–H and O–H groups in total. The Labute approximate surface area is 120 Å². The first-order valence-electron chi connectivity index (χ1n) is 6.58. The number of rotatable bonds is 4. The summed E-state index contributed by atoms with van der Waals surface area (Å²) in [4.78, 5) is 0.